The lowest BCUT2D eigenvalue weighted by atomic mass is 10.1. The third-order valence-corrected chi connectivity index (χ3v) is 4.45. The van der Waals surface area contributed by atoms with Crippen molar-refractivity contribution in [2.45, 2.75) is 12.6 Å². The van der Waals surface area contributed by atoms with Gasteiger partial charge in [-0.1, -0.05) is 18.2 Å². The van der Waals surface area contributed by atoms with E-state index in [1.807, 2.05) is 0 Å². The van der Waals surface area contributed by atoms with Crippen molar-refractivity contribution in [3.63, 3.8) is 0 Å². The van der Waals surface area contributed by atoms with Gasteiger partial charge in [0.15, 0.2) is 0 Å². The van der Waals surface area contributed by atoms with E-state index in [0.29, 0.717) is 13.0 Å². The Morgan fingerprint density at radius 3 is 2.55 bits per heavy atom. The van der Waals surface area contributed by atoms with Crippen LogP contribution in [0.2, 0.25) is 0 Å². The van der Waals surface area contributed by atoms with Crippen LogP contribution in [0.1, 0.15) is 32.1 Å². The molecular weight excluding hydrogens is 433 g/mol. The number of para-hydroxylation sites is 1. The number of carbonyl (C=O) groups excluding carboxylic acids is 2. The molecule has 1 aromatic heterocycles. The van der Waals surface area contributed by atoms with Crippen molar-refractivity contribution in [2.24, 2.45) is 0 Å². The summed E-state index contributed by atoms with van der Waals surface area (Å²) in [6.45, 7) is 0.325. The number of benzene rings is 2. The Hall–Kier alpha value is -3.33. The number of H-pyrrole nitrogens is 1. The minimum absolute atomic E-state index is 0. The fourth-order valence-corrected chi connectivity index (χ4v) is 2.91. The summed E-state index contributed by atoms with van der Waals surface area (Å²) in [5.41, 5.74) is -0.513. The molecule has 0 bridgehead atoms. The SMILES string of the molecule is CN(C(=O)c1cccc(C(F)(F)F)c1)c1ccccc1C(=O)NCCc1ncc[nH]1.Cl. The monoisotopic (exact) mass is 452 g/mol. The van der Waals surface area contributed by atoms with E-state index >= 15 is 0 Å². The summed E-state index contributed by atoms with van der Waals surface area (Å²) < 4.78 is 38.9. The van der Waals surface area contributed by atoms with E-state index in [2.05, 4.69) is 15.3 Å². The summed E-state index contributed by atoms with van der Waals surface area (Å²) in [6.07, 6.45) is -0.762. The van der Waals surface area contributed by atoms with E-state index in [0.717, 1.165) is 22.9 Å². The van der Waals surface area contributed by atoms with Gasteiger partial charge >= 0.3 is 6.18 Å². The summed E-state index contributed by atoms with van der Waals surface area (Å²) in [4.78, 5) is 33.6. The molecule has 10 heteroatoms. The summed E-state index contributed by atoms with van der Waals surface area (Å²) in [6, 6.07) is 10.6. The highest BCUT2D eigenvalue weighted by Gasteiger charge is 2.31. The highest BCUT2D eigenvalue weighted by Crippen LogP contribution is 2.30. The molecule has 0 saturated carbocycles. The molecule has 3 aromatic rings. The molecule has 0 atom stereocenters. The molecule has 31 heavy (non-hydrogen) atoms. The summed E-state index contributed by atoms with van der Waals surface area (Å²) in [5.74, 6) is -0.335. The lowest BCUT2D eigenvalue weighted by Gasteiger charge is -2.21. The number of imidazole rings is 1. The van der Waals surface area contributed by atoms with Gasteiger partial charge < -0.3 is 15.2 Å². The molecule has 0 aliphatic heterocycles. The first-order valence-corrected chi connectivity index (χ1v) is 9.08. The standard InChI is InChI=1S/C21H19F3N4O2.ClH/c1-28(20(30)14-5-4-6-15(13-14)21(22,23)24)17-8-3-2-7-16(17)19(29)27-10-9-18-25-11-12-26-18;/h2-8,11-13H,9-10H2,1H3,(H,25,26)(H,27,29);1H. The quantitative estimate of drug-likeness (QED) is 0.591. The number of halogens is 4. The smallest absolute Gasteiger partial charge is 0.352 e. The Labute approximate surface area is 182 Å². The first-order valence-electron chi connectivity index (χ1n) is 9.08. The van der Waals surface area contributed by atoms with Gasteiger partial charge in [-0.2, -0.15) is 13.2 Å². The van der Waals surface area contributed by atoms with Crippen LogP contribution in [0, 0.1) is 0 Å². The number of alkyl halides is 3. The summed E-state index contributed by atoms with van der Waals surface area (Å²) in [7, 11) is 1.41. The van der Waals surface area contributed by atoms with Crippen molar-refractivity contribution in [2.75, 3.05) is 18.5 Å². The van der Waals surface area contributed by atoms with Gasteiger partial charge in [-0.25, -0.2) is 4.98 Å². The second-order valence-electron chi connectivity index (χ2n) is 6.50. The van der Waals surface area contributed by atoms with Crippen LogP contribution in [0.3, 0.4) is 0 Å². The van der Waals surface area contributed by atoms with Crippen molar-refractivity contribution >= 4 is 29.9 Å². The molecule has 0 saturated heterocycles. The van der Waals surface area contributed by atoms with E-state index in [9.17, 15) is 22.8 Å². The number of hydrogen-bond donors (Lipinski definition) is 2. The fourth-order valence-electron chi connectivity index (χ4n) is 2.91. The predicted molar refractivity (Wildman–Crippen MR) is 112 cm³/mol. The molecule has 2 amide bonds. The number of hydrogen-bond acceptors (Lipinski definition) is 3. The minimum atomic E-state index is -4.55. The number of anilines is 1. The number of aromatic nitrogens is 2. The maximum absolute atomic E-state index is 13.0. The van der Waals surface area contributed by atoms with Crippen molar-refractivity contribution < 1.29 is 22.8 Å². The molecule has 0 aliphatic carbocycles. The molecule has 3 rings (SSSR count). The first-order chi connectivity index (χ1) is 14.3. The Kier molecular flexibility index (Phi) is 7.82. The van der Waals surface area contributed by atoms with Gasteiger partial charge in [0.2, 0.25) is 0 Å². The van der Waals surface area contributed by atoms with Crippen LogP contribution in [-0.2, 0) is 12.6 Å². The Balaban J connectivity index is 0.00000341. The van der Waals surface area contributed by atoms with Crippen molar-refractivity contribution in [1.29, 1.82) is 0 Å². The maximum Gasteiger partial charge on any atom is 0.416 e. The maximum atomic E-state index is 13.0. The molecule has 0 spiro atoms. The average Bonchev–Trinajstić information content (AvgIpc) is 3.25. The van der Waals surface area contributed by atoms with E-state index in [1.165, 1.54) is 19.2 Å². The first kappa shape index (κ1) is 23.9. The zero-order valence-electron chi connectivity index (χ0n) is 16.4. The molecule has 2 aromatic carbocycles. The third-order valence-electron chi connectivity index (χ3n) is 4.45. The number of nitrogens with one attached hydrogen (secondary N) is 2. The zero-order chi connectivity index (χ0) is 21.7. The van der Waals surface area contributed by atoms with E-state index in [4.69, 9.17) is 0 Å². The molecule has 0 fully saturated rings. The second kappa shape index (κ2) is 10.1. The molecular formula is C21H20ClF3N4O2. The van der Waals surface area contributed by atoms with Crippen LogP contribution in [0.5, 0.6) is 0 Å². The molecule has 2 N–H and O–H groups in total. The average molecular weight is 453 g/mol. The minimum Gasteiger partial charge on any atom is -0.352 e. The number of aromatic amines is 1. The molecule has 164 valence electrons. The lowest BCUT2D eigenvalue weighted by molar-refractivity contribution is -0.137. The Morgan fingerprint density at radius 1 is 1.13 bits per heavy atom. The number of nitrogens with zero attached hydrogens (tertiary/aromatic N) is 2. The molecule has 0 aliphatic rings. The van der Waals surface area contributed by atoms with Crippen LogP contribution in [-0.4, -0.2) is 35.4 Å². The number of rotatable bonds is 6. The van der Waals surface area contributed by atoms with Gasteiger partial charge in [-0.3, -0.25) is 9.59 Å². The van der Waals surface area contributed by atoms with Crippen LogP contribution >= 0.6 is 12.4 Å². The van der Waals surface area contributed by atoms with Crippen LogP contribution < -0.4 is 10.2 Å². The lowest BCUT2D eigenvalue weighted by Crippen LogP contribution is -2.31. The van der Waals surface area contributed by atoms with Gasteiger partial charge in [-0.05, 0) is 30.3 Å². The van der Waals surface area contributed by atoms with Crippen molar-refractivity contribution in [3.05, 3.63) is 83.4 Å². The molecule has 0 radical (unpaired) electrons. The highest BCUT2D eigenvalue weighted by molar-refractivity contribution is 6.10. The summed E-state index contributed by atoms with van der Waals surface area (Å²) >= 11 is 0. The largest absolute Gasteiger partial charge is 0.416 e. The third kappa shape index (κ3) is 5.85. The predicted octanol–water partition coefficient (Wildman–Crippen LogP) is 4.10. The number of carbonyl (C=O) groups is 2. The van der Waals surface area contributed by atoms with Gasteiger partial charge in [0.25, 0.3) is 11.8 Å². The Bertz CT molecular complexity index is 1040. The van der Waals surface area contributed by atoms with Gasteiger partial charge in [-0.15, -0.1) is 12.4 Å². The Morgan fingerprint density at radius 2 is 1.87 bits per heavy atom. The van der Waals surface area contributed by atoms with Crippen molar-refractivity contribution in [1.82, 2.24) is 15.3 Å². The van der Waals surface area contributed by atoms with Crippen LogP contribution in [0.25, 0.3) is 0 Å². The zero-order valence-corrected chi connectivity index (χ0v) is 17.3. The van der Waals surface area contributed by atoms with E-state index in [1.54, 1.807) is 36.7 Å². The molecule has 0 unspecified atom stereocenters. The summed E-state index contributed by atoms with van der Waals surface area (Å²) in [5, 5.41) is 2.75. The van der Waals surface area contributed by atoms with Gasteiger partial charge in [0, 0.05) is 38.0 Å². The molecule has 1 heterocycles. The topological polar surface area (TPSA) is 78.1 Å². The van der Waals surface area contributed by atoms with Crippen LogP contribution in [0.4, 0.5) is 18.9 Å². The van der Waals surface area contributed by atoms with Crippen LogP contribution in [0.15, 0.2) is 60.9 Å². The normalized spacial score (nSPS) is 10.8. The number of amides is 2. The van der Waals surface area contributed by atoms with E-state index in [-0.39, 0.29) is 29.2 Å². The van der Waals surface area contributed by atoms with Gasteiger partial charge in [0.05, 0.1) is 16.8 Å². The molecule has 6 nitrogen and oxygen atoms in total. The highest BCUT2D eigenvalue weighted by atomic mass is 35.5. The van der Waals surface area contributed by atoms with E-state index < -0.39 is 23.6 Å². The second-order valence-corrected chi connectivity index (χ2v) is 6.50. The fraction of sp³-hybridized carbons (Fsp3) is 0.190. The van der Waals surface area contributed by atoms with Crippen molar-refractivity contribution in [3.8, 4) is 0 Å². The van der Waals surface area contributed by atoms with Gasteiger partial charge in [0.1, 0.15) is 5.82 Å².